The number of para-hydroxylation sites is 1. The van der Waals surface area contributed by atoms with Crippen molar-refractivity contribution in [3.8, 4) is 11.5 Å². The summed E-state index contributed by atoms with van der Waals surface area (Å²) in [5, 5.41) is 59.1. The first-order valence-electron chi connectivity index (χ1n) is 13.9. The standard InChI is InChI=1S/C31H36N4O8/c1-34(2)19-11-16(13-33-12-14-7-5-6-8-20(14)36)25(37)22-17(19)9-15-10-18-24(35(3)4)27(39)23(30(32)42)29(41)31(18,43)28(40)21(15)26(22)38/h5-8,11,15,18,24,33,36-38,41,43H,9-10,12-13H2,1-4H3,(H2,32,42)/t15-,18-,24-,31-/m0/s1. The Hall–Kier alpha value is -4.39. The Morgan fingerprint density at radius 3 is 2.30 bits per heavy atom. The van der Waals surface area contributed by atoms with Crippen molar-refractivity contribution in [1.29, 1.82) is 0 Å². The zero-order chi connectivity index (χ0) is 31.5. The fraction of sp³-hybridized carbons (Fsp3) is 0.387. The molecule has 0 saturated heterocycles. The summed E-state index contributed by atoms with van der Waals surface area (Å²) in [5.41, 5.74) is 4.01. The highest BCUT2D eigenvalue weighted by atomic mass is 16.3. The molecule has 0 spiro atoms. The van der Waals surface area contributed by atoms with Gasteiger partial charge >= 0.3 is 0 Å². The Morgan fingerprint density at radius 2 is 1.70 bits per heavy atom. The van der Waals surface area contributed by atoms with E-state index in [4.69, 9.17) is 5.73 Å². The second-order valence-electron chi connectivity index (χ2n) is 11.8. The lowest BCUT2D eigenvalue weighted by molar-refractivity contribution is -0.153. The number of phenolic OH excluding ortho intramolecular Hbond substituents is 2. The number of amides is 1. The molecule has 0 aliphatic heterocycles. The van der Waals surface area contributed by atoms with Crippen LogP contribution in [0, 0.1) is 11.8 Å². The van der Waals surface area contributed by atoms with E-state index in [1.807, 2.05) is 19.0 Å². The van der Waals surface area contributed by atoms with E-state index in [1.165, 1.54) is 4.90 Å². The number of primary amides is 1. The molecule has 3 aliphatic carbocycles. The smallest absolute Gasteiger partial charge is 0.255 e. The Kier molecular flexibility index (Phi) is 7.49. The molecule has 1 fully saturated rings. The third-order valence-electron chi connectivity index (χ3n) is 8.88. The summed E-state index contributed by atoms with van der Waals surface area (Å²) in [6, 6.07) is 7.47. The number of ketones is 2. The Morgan fingerprint density at radius 1 is 1.05 bits per heavy atom. The van der Waals surface area contributed by atoms with Gasteiger partial charge < -0.3 is 41.5 Å². The van der Waals surface area contributed by atoms with Gasteiger partial charge in [0.25, 0.3) is 5.91 Å². The molecule has 1 amide bonds. The molecule has 8 N–H and O–H groups in total. The van der Waals surface area contributed by atoms with Crippen molar-refractivity contribution in [2.45, 2.75) is 37.6 Å². The van der Waals surface area contributed by atoms with Crippen LogP contribution < -0.4 is 16.0 Å². The fourth-order valence-corrected chi connectivity index (χ4v) is 6.87. The number of benzene rings is 2. The van der Waals surface area contributed by atoms with E-state index in [-0.39, 0.29) is 42.0 Å². The van der Waals surface area contributed by atoms with Gasteiger partial charge in [-0.05, 0) is 50.6 Å². The molecule has 3 aliphatic rings. The highest BCUT2D eigenvalue weighted by Gasteiger charge is 2.64. The number of hydrogen-bond acceptors (Lipinski definition) is 11. The van der Waals surface area contributed by atoms with Crippen LogP contribution in [-0.4, -0.2) is 87.7 Å². The molecule has 0 radical (unpaired) electrons. The van der Waals surface area contributed by atoms with Gasteiger partial charge in [0.15, 0.2) is 11.4 Å². The van der Waals surface area contributed by atoms with Crippen molar-refractivity contribution in [1.82, 2.24) is 10.2 Å². The van der Waals surface area contributed by atoms with Crippen LogP contribution in [0.1, 0.15) is 28.7 Å². The molecule has 228 valence electrons. The topological polar surface area (TPSA) is 197 Å². The molecule has 12 heteroatoms. The number of anilines is 1. The summed E-state index contributed by atoms with van der Waals surface area (Å²) in [7, 11) is 6.74. The number of aliphatic hydroxyl groups is 3. The fourth-order valence-electron chi connectivity index (χ4n) is 6.87. The molecule has 0 heterocycles. The van der Waals surface area contributed by atoms with Gasteiger partial charge in [-0.2, -0.15) is 0 Å². The summed E-state index contributed by atoms with van der Waals surface area (Å²) in [5.74, 6) is -6.73. The average Bonchev–Trinajstić information content (AvgIpc) is 2.92. The van der Waals surface area contributed by atoms with Crippen LogP contribution in [-0.2, 0) is 33.9 Å². The predicted octanol–water partition coefficient (Wildman–Crippen LogP) is 1.03. The molecule has 2 aromatic carbocycles. The number of aromatic hydroxyl groups is 2. The van der Waals surface area contributed by atoms with Gasteiger partial charge in [-0.3, -0.25) is 19.3 Å². The highest BCUT2D eigenvalue weighted by molar-refractivity contribution is 6.24. The minimum atomic E-state index is -2.69. The second-order valence-corrected chi connectivity index (χ2v) is 11.8. The number of hydrogen-bond donors (Lipinski definition) is 7. The molecule has 12 nitrogen and oxygen atoms in total. The maximum absolute atomic E-state index is 14.1. The van der Waals surface area contributed by atoms with E-state index in [9.17, 15) is 39.9 Å². The molecular formula is C31H36N4O8. The van der Waals surface area contributed by atoms with Crippen molar-refractivity contribution in [2.24, 2.45) is 17.6 Å². The van der Waals surface area contributed by atoms with E-state index >= 15 is 0 Å². The number of fused-ring (bicyclic) bond motifs is 3. The van der Waals surface area contributed by atoms with Crippen molar-refractivity contribution in [3.63, 3.8) is 0 Å². The number of carbonyl (C=O) groups excluding carboxylic acids is 3. The maximum Gasteiger partial charge on any atom is 0.255 e. The van der Waals surface area contributed by atoms with Crippen molar-refractivity contribution < 1.29 is 39.9 Å². The molecular weight excluding hydrogens is 556 g/mol. The van der Waals surface area contributed by atoms with E-state index in [0.29, 0.717) is 28.9 Å². The van der Waals surface area contributed by atoms with E-state index in [1.54, 1.807) is 44.4 Å². The van der Waals surface area contributed by atoms with E-state index < -0.39 is 58.0 Å². The second kappa shape index (κ2) is 10.7. The van der Waals surface area contributed by atoms with Crippen LogP contribution >= 0.6 is 0 Å². The number of nitrogens with one attached hydrogen (secondary N) is 1. The number of Topliss-reactive ketones (excluding diaryl/α,β-unsaturated/α-hetero) is 2. The minimum absolute atomic E-state index is 0.0171. The molecule has 2 aromatic rings. The van der Waals surface area contributed by atoms with Crippen molar-refractivity contribution in [2.75, 3.05) is 33.1 Å². The van der Waals surface area contributed by atoms with Gasteiger partial charge in [-0.15, -0.1) is 0 Å². The molecule has 5 rings (SSSR count). The van der Waals surface area contributed by atoms with Crippen LogP contribution in [0.15, 0.2) is 47.2 Å². The maximum atomic E-state index is 14.1. The van der Waals surface area contributed by atoms with Gasteiger partial charge in [-0.25, -0.2) is 0 Å². The van der Waals surface area contributed by atoms with Crippen molar-refractivity contribution >= 4 is 28.9 Å². The number of likely N-dealkylation sites (N-methyl/N-ethyl adjacent to an activating group) is 1. The number of phenols is 2. The third kappa shape index (κ3) is 4.53. The number of nitrogens with two attached hydrogens (primary N) is 1. The molecule has 0 bridgehead atoms. The zero-order valence-corrected chi connectivity index (χ0v) is 24.4. The van der Waals surface area contributed by atoms with Crippen LogP contribution in [0.5, 0.6) is 11.5 Å². The molecule has 4 atom stereocenters. The lowest BCUT2D eigenvalue weighted by atomic mass is 9.57. The van der Waals surface area contributed by atoms with Gasteiger partial charge in [0.05, 0.1) is 11.6 Å². The summed E-state index contributed by atoms with van der Waals surface area (Å²) in [4.78, 5) is 42.8. The number of rotatable bonds is 7. The normalized spacial score (nSPS) is 25.0. The van der Waals surface area contributed by atoms with E-state index in [0.717, 1.165) is 0 Å². The summed E-state index contributed by atoms with van der Waals surface area (Å²) < 4.78 is 0. The lowest BCUT2D eigenvalue weighted by Gasteiger charge is -2.50. The molecule has 43 heavy (non-hydrogen) atoms. The summed E-state index contributed by atoms with van der Waals surface area (Å²) in [6.45, 7) is 0.445. The minimum Gasteiger partial charge on any atom is -0.508 e. The third-order valence-corrected chi connectivity index (χ3v) is 8.88. The lowest BCUT2D eigenvalue weighted by Crippen LogP contribution is -2.65. The van der Waals surface area contributed by atoms with Gasteiger partial charge in [0, 0.05) is 55.5 Å². The monoisotopic (exact) mass is 592 g/mol. The van der Waals surface area contributed by atoms with Crippen LogP contribution in [0.3, 0.4) is 0 Å². The van der Waals surface area contributed by atoms with Gasteiger partial charge in [0.2, 0.25) is 5.78 Å². The van der Waals surface area contributed by atoms with Gasteiger partial charge in [-0.1, -0.05) is 18.2 Å². The number of nitrogens with zero attached hydrogens (tertiary/aromatic N) is 2. The Labute approximate surface area is 248 Å². The predicted molar refractivity (Wildman–Crippen MR) is 157 cm³/mol. The molecule has 0 aromatic heterocycles. The molecule has 0 unspecified atom stereocenters. The SMILES string of the molecule is CN(C)c1cc(CNCc2ccccc2O)c(O)c2c1C[C@H]1C[C@H]3[C@H](N(C)C)C(=O)C(C(N)=O)=C(O)[C@@]3(O)C(=O)C1=C2O. The number of aliphatic hydroxyl groups excluding tert-OH is 2. The van der Waals surface area contributed by atoms with E-state index in [2.05, 4.69) is 5.32 Å². The summed E-state index contributed by atoms with van der Waals surface area (Å²) in [6.07, 6.45) is 0.213. The first-order chi connectivity index (χ1) is 20.2. The van der Waals surface area contributed by atoms with Gasteiger partial charge in [0.1, 0.15) is 28.6 Å². The molecule has 1 saturated carbocycles. The first-order valence-corrected chi connectivity index (χ1v) is 13.9. The first kappa shape index (κ1) is 30.1. The Bertz CT molecular complexity index is 1610. The quantitative estimate of drug-likeness (QED) is 0.227. The summed E-state index contributed by atoms with van der Waals surface area (Å²) >= 11 is 0. The van der Waals surface area contributed by atoms with Crippen LogP contribution in [0.2, 0.25) is 0 Å². The zero-order valence-electron chi connectivity index (χ0n) is 24.4. The van der Waals surface area contributed by atoms with Crippen LogP contribution in [0.25, 0.3) is 5.76 Å². The number of carbonyl (C=O) groups is 3. The Balaban J connectivity index is 1.62. The largest absolute Gasteiger partial charge is 0.508 e. The average molecular weight is 593 g/mol. The highest BCUT2D eigenvalue weighted by Crippen LogP contribution is 2.54. The van der Waals surface area contributed by atoms with Crippen LogP contribution in [0.4, 0.5) is 5.69 Å². The van der Waals surface area contributed by atoms with Crippen molar-refractivity contribution in [3.05, 3.63) is 69.5 Å².